The molecule has 0 N–H and O–H groups in total. The number of carbonyl (C=O) groups excluding carboxylic acids is 1. The summed E-state index contributed by atoms with van der Waals surface area (Å²) in [6, 6.07) is 10.7. The Kier molecular flexibility index (Phi) is 4.40. The molecule has 0 saturated heterocycles. The van der Waals surface area contributed by atoms with Gasteiger partial charge in [-0.25, -0.2) is 4.98 Å². The first-order valence-electron chi connectivity index (χ1n) is 6.30. The first-order chi connectivity index (χ1) is 9.74. The van der Waals surface area contributed by atoms with E-state index in [1.165, 1.54) is 6.20 Å². The van der Waals surface area contributed by atoms with Crippen molar-refractivity contribution in [3.05, 3.63) is 59.7 Å². The van der Waals surface area contributed by atoms with Crippen LogP contribution in [-0.2, 0) is 6.54 Å². The largest absolute Gasteiger partial charge is 0.332 e. The number of hydrogen-bond donors (Lipinski definition) is 0. The number of pyridine rings is 2. The molecule has 2 aromatic rings. The van der Waals surface area contributed by atoms with Gasteiger partial charge in [0, 0.05) is 18.9 Å². The van der Waals surface area contributed by atoms with Crippen molar-refractivity contribution < 1.29 is 4.79 Å². The maximum atomic E-state index is 12.3. The fourth-order valence-electron chi connectivity index (χ4n) is 1.76. The topological polar surface area (TPSA) is 69.9 Å². The molecule has 0 aliphatic rings. The van der Waals surface area contributed by atoms with Crippen LogP contribution in [0.5, 0.6) is 0 Å². The van der Waals surface area contributed by atoms with E-state index in [0.29, 0.717) is 24.3 Å². The normalized spacial score (nSPS) is 9.80. The highest BCUT2D eigenvalue weighted by molar-refractivity contribution is 5.92. The lowest BCUT2D eigenvalue weighted by molar-refractivity contribution is 0.0744. The van der Waals surface area contributed by atoms with Crippen molar-refractivity contribution in [3.63, 3.8) is 0 Å². The van der Waals surface area contributed by atoms with E-state index in [9.17, 15) is 4.79 Å². The second-order valence-corrected chi connectivity index (χ2v) is 4.18. The zero-order chi connectivity index (χ0) is 14.4. The van der Waals surface area contributed by atoms with Gasteiger partial charge in [0.25, 0.3) is 5.91 Å². The second-order valence-electron chi connectivity index (χ2n) is 4.18. The molecule has 5 nitrogen and oxygen atoms in total. The molecule has 1 amide bonds. The number of amides is 1. The predicted octanol–water partition coefficient (Wildman–Crippen LogP) is 2.01. The molecule has 2 heterocycles. The molecule has 0 aliphatic carbocycles. The summed E-state index contributed by atoms with van der Waals surface area (Å²) in [6.45, 7) is 2.92. The average molecular weight is 266 g/mol. The summed E-state index contributed by atoms with van der Waals surface area (Å²) in [5.41, 5.74) is 1.60. The standard InChI is InChI=1S/C15H14N4O/c1-2-19(11-13-5-3-4-8-17-13)15(20)14-7-6-12(9-16)10-18-14/h3-8,10H,2,11H2,1H3. The summed E-state index contributed by atoms with van der Waals surface area (Å²) >= 11 is 0. The number of carbonyl (C=O) groups is 1. The molecule has 0 atom stereocenters. The Hall–Kier alpha value is -2.74. The first-order valence-corrected chi connectivity index (χ1v) is 6.30. The van der Waals surface area contributed by atoms with Crippen molar-refractivity contribution in [3.8, 4) is 6.07 Å². The Labute approximate surface area is 117 Å². The zero-order valence-corrected chi connectivity index (χ0v) is 11.2. The number of aromatic nitrogens is 2. The van der Waals surface area contributed by atoms with Crippen LogP contribution < -0.4 is 0 Å². The van der Waals surface area contributed by atoms with E-state index < -0.39 is 0 Å². The van der Waals surface area contributed by atoms with Gasteiger partial charge in [-0.15, -0.1) is 0 Å². The van der Waals surface area contributed by atoms with Crippen LogP contribution in [-0.4, -0.2) is 27.3 Å². The average Bonchev–Trinajstić information content (AvgIpc) is 2.53. The smallest absolute Gasteiger partial charge is 0.272 e. The third-order valence-corrected chi connectivity index (χ3v) is 2.86. The monoisotopic (exact) mass is 266 g/mol. The van der Waals surface area contributed by atoms with Crippen LogP contribution in [0.4, 0.5) is 0 Å². The van der Waals surface area contributed by atoms with Crippen molar-refractivity contribution in [2.45, 2.75) is 13.5 Å². The minimum atomic E-state index is -0.164. The number of nitrogens with zero attached hydrogens (tertiary/aromatic N) is 4. The maximum Gasteiger partial charge on any atom is 0.272 e. The number of hydrogen-bond acceptors (Lipinski definition) is 4. The lowest BCUT2D eigenvalue weighted by Crippen LogP contribution is -2.31. The van der Waals surface area contributed by atoms with Crippen LogP contribution >= 0.6 is 0 Å². The number of nitriles is 1. The van der Waals surface area contributed by atoms with Crippen LogP contribution in [0.3, 0.4) is 0 Å². The summed E-state index contributed by atoms with van der Waals surface area (Å²) in [6.07, 6.45) is 3.11. The zero-order valence-electron chi connectivity index (χ0n) is 11.2. The quantitative estimate of drug-likeness (QED) is 0.848. The van der Waals surface area contributed by atoms with Crippen molar-refractivity contribution >= 4 is 5.91 Å². The van der Waals surface area contributed by atoms with E-state index in [1.807, 2.05) is 31.2 Å². The molecule has 100 valence electrons. The van der Waals surface area contributed by atoms with Crippen LogP contribution in [0.25, 0.3) is 0 Å². The van der Waals surface area contributed by atoms with Gasteiger partial charge < -0.3 is 4.90 Å². The van der Waals surface area contributed by atoms with E-state index in [2.05, 4.69) is 9.97 Å². The van der Waals surface area contributed by atoms with Crippen LogP contribution in [0.1, 0.15) is 28.7 Å². The Morgan fingerprint density at radius 1 is 1.30 bits per heavy atom. The Morgan fingerprint density at radius 3 is 2.70 bits per heavy atom. The van der Waals surface area contributed by atoms with E-state index in [-0.39, 0.29) is 5.91 Å². The van der Waals surface area contributed by atoms with E-state index in [0.717, 1.165) is 5.69 Å². The van der Waals surface area contributed by atoms with Gasteiger partial charge in [-0.2, -0.15) is 5.26 Å². The molecule has 0 spiro atoms. The van der Waals surface area contributed by atoms with Gasteiger partial charge in [-0.3, -0.25) is 9.78 Å². The highest BCUT2D eigenvalue weighted by atomic mass is 16.2. The van der Waals surface area contributed by atoms with Gasteiger partial charge in [0.2, 0.25) is 0 Å². The highest BCUT2D eigenvalue weighted by Crippen LogP contribution is 2.07. The molecule has 20 heavy (non-hydrogen) atoms. The molecule has 0 radical (unpaired) electrons. The summed E-state index contributed by atoms with van der Waals surface area (Å²) in [7, 11) is 0. The fourth-order valence-corrected chi connectivity index (χ4v) is 1.76. The lowest BCUT2D eigenvalue weighted by Gasteiger charge is -2.19. The van der Waals surface area contributed by atoms with Crippen molar-refractivity contribution in [1.82, 2.24) is 14.9 Å². The van der Waals surface area contributed by atoms with Gasteiger partial charge in [0.05, 0.1) is 17.8 Å². The summed E-state index contributed by atoms with van der Waals surface area (Å²) in [5.74, 6) is -0.164. The highest BCUT2D eigenvalue weighted by Gasteiger charge is 2.16. The molecule has 0 bridgehead atoms. The maximum absolute atomic E-state index is 12.3. The van der Waals surface area contributed by atoms with Crippen molar-refractivity contribution in [2.24, 2.45) is 0 Å². The molecule has 2 aromatic heterocycles. The molecular weight excluding hydrogens is 252 g/mol. The second kappa shape index (κ2) is 6.43. The summed E-state index contributed by atoms with van der Waals surface area (Å²) < 4.78 is 0. The number of rotatable bonds is 4. The van der Waals surface area contributed by atoms with Crippen LogP contribution in [0, 0.1) is 11.3 Å². The third kappa shape index (κ3) is 3.18. The Balaban J connectivity index is 2.14. The van der Waals surface area contributed by atoms with Crippen LogP contribution in [0.15, 0.2) is 42.7 Å². The molecule has 0 aromatic carbocycles. The molecular formula is C15H14N4O. The van der Waals surface area contributed by atoms with Gasteiger partial charge in [0.1, 0.15) is 11.8 Å². The van der Waals surface area contributed by atoms with Gasteiger partial charge >= 0.3 is 0 Å². The predicted molar refractivity (Wildman–Crippen MR) is 73.6 cm³/mol. The van der Waals surface area contributed by atoms with Gasteiger partial charge in [0.15, 0.2) is 0 Å². The molecule has 0 saturated carbocycles. The van der Waals surface area contributed by atoms with Gasteiger partial charge in [-0.05, 0) is 31.2 Å². The fraction of sp³-hybridized carbons (Fsp3) is 0.200. The molecule has 5 heteroatoms. The third-order valence-electron chi connectivity index (χ3n) is 2.86. The first kappa shape index (κ1) is 13.7. The Bertz CT molecular complexity index is 617. The lowest BCUT2D eigenvalue weighted by atomic mass is 10.2. The molecule has 0 unspecified atom stereocenters. The molecule has 0 aliphatic heterocycles. The van der Waals surface area contributed by atoms with E-state index in [4.69, 9.17) is 5.26 Å². The van der Waals surface area contributed by atoms with E-state index in [1.54, 1.807) is 23.2 Å². The van der Waals surface area contributed by atoms with Crippen molar-refractivity contribution in [1.29, 1.82) is 5.26 Å². The molecule has 2 rings (SSSR count). The Morgan fingerprint density at radius 2 is 2.15 bits per heavy atom. The van der Waals surface area contributed by atoms with Crippen LogP contribution in [0.2, 0.25) is 0 Å². The summed E-state index contributed by atoms with van der Waals surface area (Å²) in [5, 5.41) is 8.72. The summed E-state index contributed by atoms with van der Waals surface area (Å²) in [4.78, 5) is 22.2. The van der Waals surface area contributed by atoms with E-state index >= 15 is 0 Å². The minimum Gasteiger partial charge on any atom is -0.332 e. The SMILES string of the molecule is CCN(Cc1ccccn1)C(=O)c1ccc(C#N)cn1. The van der Waals surface area contributed by atoms with Crippen molar-refractivity contribution in [2.75, 3.05) is 6.54 Å². The molecule has 0 fully saturated rings. The minimum absolute atomic E-state index is 0.164. The van der Waals surface area contributed by atoms with Gasteiger partial charge in [-0.1, -0.05) is 6.07 Å².